The number of hydrogen-bond acceptors (Lipinski definition) is 3. The molecule has 0 unspecified atom stereocenters. The average Bonchev–Trinajstić information content (AvgIpc) is 2.85. The Hall–Kier alpha value is -1.42. The summed E-state index contributed by atoms with van der Waals surface area (Å²) in [5.74, 6) is 0.0646. The zero-order valence-corrected chi connectivity index (χ0v) is 10.9. The Balaban J connectivity index is 1.70. The van der Waals surface area contributed by atoms with Gasteiger partial charge < -0.3 is 10.6 Å². The molecule has 0 aromatic carbocycles. The van der Waals surface area contributed by atoms with Crippen molar-refractivity contribution >= 4 is 5.91 Å². The third-order valence-electron chi connectivity index (χ3n) is 3.42. The van der Waals surface area contributed by atoms with Crippen LogP contribution in [0, 0.1) is 6.92 Å². The van der Waals surface area contributed by atoms with Crippen molar-refractivity contribution in [1.29, 1.82) is 0 Å². The van der Waals surface area contributed by atoms with Gasteiger partial charge in [-0.15, -0.1) is 0 Å². The molecule has 1 saturated heterocycles. The second-order valence-electron chi connectivity index (χ2n) is 4.88. The topological polar surface area (TPSA) is 54.0 Å². The molecule has 0 aliphatic carbocycles. The highest BCUT2D eigenvalue weighted by atomic mass is 16.1. The molecule has 1 fully saturated rings. The van der Waals surface area contributed by atoms with E-state index in [4.69, 9.17) is 0 Å². The normalized spacial score (nSPS) is 18.8. The highest BCUT2D eigenvalue weighted by Gasteiger charge is 2.13. The van der Waals surface area contributed by atoms with Gasteiger partial charge in [-0.2, -0.15) is 0 Å². The summed E-state index contributed by atoms with van der Waals surface area (Å²) in [7, 11) is 0. The second-order valence-corrected chi connectivity index (χ2v) is 4.88. The quantitative estimate of drug-likeness (QED) is 0.822. The predicted octanol–water partition coefficient (Wildman–Crippen LogP) is 1.19. The molecule has 0 bridgehead atoms. The van der Waals surface area contributed by atoms with Crippen LogP contribution in [0.3, 0.4) is 0 Å². The summed E-state index contributed by atoms with van der Waals surface area (Å²) >= 11 is 0. The van der Waals surface area contributed by atoms with Crippen molar-refractivity contribution < 1.29 is 4.79 Å². The van der Waals surface area contributed by atoms with E-state index in [1.165, 1.54) is 12.8 Å². The summed E-state index contributed by atoms with van der Waals surface area (Å²) in [5.41, 5.74) is 1.94. The van der Waals surface area contributed by atoms with Gasteiger partial charge in [-0.05, 0) is 44.4 Å². The minimum absolute atomic E-state index is 0.0646. The van der Waals surface area contributed by atoms with Crippen LogP contribution >= 0.6 is 0 Å². The van der Waals surface area contributed by atoms with E-state index < -0.39 is 0 Å². The van der Waals surface area contributed by atoms with Gasteiger partial charge in [0.1, 0.15) is 0 Å². The highest BCUT2D eigenvalue weighted by Crippen LogP contribution is 2.08. The Kier molecular flexibility index (Phi) is 4.70. The van der Waals surface area contributed by atoms with Crippen LogP contribution in [0.5, 0.6) is 0 Å². The van der Waals surface area contributed by atoms with Crippen LogP contribution in [-0.2, 0) is 11.2 Å². The van der Waals surface area contributed by atoms with Crippen molar-refractivity contribution in [3.8, 4) is 0 Å². The number of pyridine rings is 1. The predicted molar refractivity (Wildman–Crippen MR) is 71.3 cm³/mol. The van der Waals surface area contributed by atoms with Gasteiger partial charge in [0.05, 0.1) is 12.1 Å². The zero-order chi connectivity index (χ0) is 12.8. The molecule has 2 heterocycles. The molecule has 1 aliphatic heterocycles. The van der Waals surface area contributed by atoms with Gasteiger partial charge in [0.15, 0.2) is 0 Å². The van der Waals surface area contributed by atoms with Crippen LogP contribution in [0.2, 0.25) is 0 Å². The molecular weight excluding hydrogens is 226 g/mol. The lowest BCUT2D eigenvalue weighted by Crippen LogP contribution is -2.31. The third kappa shape index (κ3) is 3.81. The molecule has 2 N–H and O–H groups in total. The van der Waals surface area contributed by atoms with E-state index in [9.17, 15) is 4.79 Å². The molecule has 1 aromatic rings. The maximum atomic E-state index is 11.8. The Morgan fingerprint density at radius 2 is 2.50 bits per heavy atom. The summed E-state index contributed by atoms with van der Waals surface area (Å²) in [5, 5.41) is 6.39. The van der Waals surface area contributed by atoms with Gasteiger partial charge in [-0.3, -0.25) is 9.78 Å². The van der Waals surface area contributed by atoms with Crippen molar-refractivity contribution in [3.63, 3.8) is 0 Å². The van der Waals surface area contributed by atoms with Crippen LogP contribution in [0.1, 0.15) is 30.5 Å². The van der Waals surface area contributed by atoms with Gasteiger partial charge in [0.2, 0.25) is 5.91 Å². The molecule has 98 valence electrons. The number of amides is 1. The number of hydrogen-bond donors (Lipinski definition) is 2. The van der Waals surface area contributed by atoms with Crippen molar-refractivity contribution in [2.45, 2.75) is 38.6 Å². The molecule has 0 spiro atoms. The van der Waals surface area contributed by atoms with E-state index in [1.807, 2.05) is 19.1 Å². The molecular formula is C14H21N3O. The van der Waals surface area contributed by atoms with Crippen LogP contribution < -0.4 is 10.6 Å². The summed E-state index contributed by atoms with van der Waals surface area (Å²) in [6, 6.07) is 4.46. The summed E-state index contributed by atoms with van der Waals surface area (Å²) in [6.07, 6.45) is 5.62. The number of carbonyl (C=O) groups excluding carboxylic acids is 1. The lowest BCUT2D eigenvalue weighted by Gasteiger charge is -2.11. The number of rotatable bonds is 5. The van der Waals surface area contributed by atoms with Gasteiger partial charge in [-0.1, -0.05) is 6.07 Å². The fourth-order valence-electron chi connectivity index (χ4n) is 2.31. The van der Waals surface area contributed by atoms with E-state index in [2.05, 4.69) is 15.6 Å². The smallest absolute Gasteiger partial charge is 0.226 e. The van der Waals surface area contributed by atoms with Crippen molar-refractivity contribution in [3.05, 3.63) is 29.6 Å². The SMILES string of the molecule is Cc1cccnc1CC(=O)NCC[C@H]1CCCN1. The number of nitrogens with one attached hydrogen (secondary N) is 2. The van der Waals surface area contributed by atoms with Crippen molar-refractivity contribution in [2.24, 2.45) is 0 Å². The number of aromatic nitrogens is 1. The van der Waals surface area contributed by atoms with Crippen LogP contribution in [-0.4, -0.2) is 30.0 Å². The average molecular weight is 247 g/mol. The van der Waals surface area contributed by atoms with E-state index in [1.54, 1.807) is 6.20 Å². The fraction of sp³-hybridized carbons (Fsp3) is 0.571. The third-order valence-corrected chi connectivity index (χ3v) is 3.42. The molecule has 18 heavy (non-hydrogen) atoms. The van der Waals surface area contributed by atoms with Gasteiger partial charge in [0, 0.05) is 18.8 Å². The van der Waals surface area contributed by atoms with Gasteiger partial charge in [-0.25, -0.2) is 0 Å². The Morgan fingerprint density at radius 1 is 1.61 bits per heavy atom. The van der Waals surface area contributed by atoms with E-state index in [0.717, 1.165) is 30.8 Å². The molecule has 1 amide bonds. The molecule has 0 radical (unpaired) electrons. The first-order valence-corrected chi connectivity index (χ1v) is 6.66. The first-order chi connectivity index (χ1) is 8.75. The summed E-state index contributed by atoms with van der Waals surface area (Å²) < 4.78 is 0. The Labute approximate surface area is 108 Å². The summed E-state index contributed by atoms with van der Waals surface area (Å²) in [4.78, 5) is 16.0. The van der Waals surface area contributed by atoms with Crippen LogP contribution in [0.25, 0.3) is 0 Å². The maximum absolute atomic E-state index is 11.8. The highest BCUT2D eigenvalue weighted by molar-refractivity contribution is 5.78. The largest absolute Gasteiger partial charge is 0.356 e. The lowest BCUT2D eigenvalue weighted by atomic mass is 10.1. The molecule has 2 rings (SSSR count). The van der Waals surface area contributed by atoms with Crippen LogP contribution in [0.4, 0.5) is 0 Å². The van der Waals surface area contributed by atoms with E-state index >= 15 is 0 Å². The molecule has 1 aliphatic rings. The van der Waals surface area contributed by atoms with E-state index in [-0.39, 0.29) is 5.91 Å². The molecule has 4 heteroatoms. The molecule has 0 saturated carbocycles. The molecule has 1 aromatic heterocycles. The standard InChI is InChI=1S/C14H21N3O/c1-11-4-2-8-16-13(11)10-14(18)17-9-6-12-5-3-7-15-12/h2,4,8,12,15H,3,5-7,9-10H2,1H3,(H,17,18)/t12-/m1/s1. The summed E-state index contributed by atoms with van der Waals surface area (Å²) in [6.45, 7) is 3.85. The number of aryl methyl sites for hydroxylation is 1. The van der Waals surface area contributed by atoms with Crippen LogP contribution in [0.15, 0.2) is 18.3 Å². The van der Waals surface area contributed by atoms with Gasteiger partial charge in [0.25, 0.3) is 0 Å². The molecule has 4 nitrogen and oxygen atoms in total. The van der Waals surface area contributed by atoms with Gasteiger partial charge >= 0.3 is 0 Å². The van der Waals surface area contributed by atoms with E-state index in [0.29, 0.717) is 12.5 Å². The van der Waals surface area contributed by atoms with Crippen molar-refractivity contribution in [1.82, 2.24) is 15.6 Å². The fourth-order valence-corrected chi connectivity index (χ4v) is 2.31. The Morgan fingerprint density at radius 3 is 3.22 bits per heavy atom. The molecule has 1 atom stereocenters. The number of carbonyl (C=O) groups is 1. The minimum Gasteiger partial charge on any atom is -0.356 e. The Bertz CT molecular complexity index is 400. The first-order valence-electron chi connectivity index (χ1n) is 6.66. The first kappa shape index (κ1) is 13.0. The van der Waals surface area contributed by atoms with Crippen molar-refractivity contribution in [2.75, 3.05) is 13.1 Å². The zero-order valence-electron chi connectivity index (χ0n) is 10.9. The monoisotopic (exact) mass is 247 g/mol. The second kappa shape index (κ2) is 6.50. The lowest BCUT2D eigenvalue weighted by molar-refractivity contribution is -0.120. The maximum Gasteiger partial charge on any atom is 0.226 e. The number of nitrogens with zero attached hydrogens (tertiary/aromatic N) is 1. The minimum atomic E-state index is 0.0646.